The molecule has 1 amide bonds. The van der Waals surface area contributed by atoms with E-state index >= 15 is 0 Å². The standard InChI is InChI=1S/C21H23Cl2NOS/c22-18-9-8-16(14-19(18)23)15-26-13-12-24-20(25)21(10-4-5-11-21)17-6-2-1-3-7-17/h1-3,6-9,14H,4-5,10-13,15H2,(H,24,25). The smallest absolute Gasteiger partial charge is 0.230 e. The fourth-order valence-electron chi connectivity index (χ4n) is 3.61. The summed E-state index contributed by atoms with van der Waals surface area (Å²) in [6, 6.07) is 15.9. The molecule has 2 nitrogen and oxygen atoms in total. The van der Waals surface area contributed by atoms with Gasteiger partial charge in [-0.15, -0.1) is 0 Å². The number of carbonyl (C=O) groups excluding carboxylic acids is 1. The number of hydrogen-bond acceptors (Lipinski definition) is 2. The summed E-state index contributed by atoms with van der Waals surface area (Å²) >= 11 is 13.8. The molecular weight excluding hydrogens is 385 g/mol. The van der Waals surface area contributed by atoms with Crippen LogP contribution in [0, 0.1) is 0 Å². The second-order valence-electron chi connectivity index (χ2n) is 6.71. The van der Waals surface area contributed by atoms with Crippen molar-refractivity contribution in [1.82, 2.24) is 5.32 Å². The van der Waals surface area contributed by atoms with Crippen LogP contribution >= 0.6 is 35.0 Å². The zero-order chi connectivity index (χ0) is 18.4. The molecule has 0 saturated heterocycles. The summed E-state index contributed by atoms with van der Waals surface area (Å²) in [4.78, 5) is 12.9. The first-order chi connectivity index (χ1) is 12.6. The maximum absolute atomic E-state index is 12.9. The largest absolute Gasteiger partial charge is 0.355 e. The minimum atomic E-state index is -0.338. The highest BCUT2D eigenvalue weighted by atomic mass is 35.5. The number of nitrogens with one attached hydrogen (secondary N) is 1. The Morgan fingerprint density at radius 2 is 1.77 bits per heavy atom. The van der Waals surface area contributed by atoms with Crippen LogP contribution < -0.4 is 5.32 Å². The summed E-state index contributed by atoms with van der Waals surface area (Å²) in [5.74, 6) is 1.91. The van der Waals surface area contributed by atoms with Crippen LogP contribution in [0.3, 0.4) is 0 Å². The van der Waals surface area contributed by atoms with Gasteiger partial charge in [-0.3, -0.25) is 4.79 Å². The van der Waals surface area contributed by atoms with E-state index in [1.807, 2.05) is 36.4 Å². The van der Waals surface area contributed by atoms with Gasteiger partial charge in [-0.05, 0) is 36.1 Å². The van der Waals surface area contributed by atoms with E-state index in [2.05, 4.69) is 17.4 Å². The van der Waals surface area contributed by atoms with Gasteiger partial charge in [-0.1, -0.05) is 72.4 Å². The molecule has 0 aliphatic heterocycles. The van der Waals surface area contributed by atoms with Crippen LogP contribution in [0.25, 0.3) is 0 Å². The van der Waals surface area contributed by atoms with Crippen LogP contribution in [-0.4, -0.2) is 18.2 Å². The van der Waals surface area contributed by atoms with E-state index in [0.29, 0.717) is 16.6 Å². The summed E-state index contributed by atoms with van der Waals surface area (Å²) in [7, 11) is 0. The van der Waals surface area contributed by atoms with E-state index in [1.54, 1.807) is 11.8 Å². The minimum Gasteiger partial charge on any atom is -0.355 e. The summed E-state index contributed by atoms with van der Waals surface area (Å²) in [5, 5.41) is 4.33. The third-order valence-corrected chi connectivity index (χ3v) is 6.77. The van der Waals surface area contributed by atoms with Gasteiger partial charge in [-0.25, -0.2) is 0 Å². The number of thioether (sulfide) groups is 1. The highest BCUT2D eigenvalue weighted by molar-refractivity contribution is 7.98. The Labute approximate surface area is 169 Å². The molecule has 0 atom stereocenters. The molecule has 138 valence electrons. The zero-order valence-electron chi connectivity index (χ0n) is 14.6. The summed E-state index contributed by atoms with van der Waals surface area (Å²) in [6.45, 7) is 0.680. The Morgan fingerprint density at radius 3 is 2.46 bits per heavy atom. The van der Waals surface area contributed by atoms with Gasteiger partial charge < -0.3 is 5.32 Å². The number of halogens is 2. The van der Waals surface area contributed by atoms with Gasteiger partial charge in [0.15, 0.2) is 0 Å². The molecule has 0 heterocycles. The Kier molecular flexibility index (Phi) is 6.91. The summed E-state index contributed by atoms with van der Waals surface area (Å²) in [5.41, 5.74) is 1.96. The Bertz CT molecular complexity index is 745. The normalized spacial score (nSPS) is 15.8. The van der Waals surface area contributed by atoms with Crippen LogP contribution in [0.15, 0.2) is 48.5 Å². The van der Waals surface area contributed by atoms with E-state index in [4.69, 9.17) is 23.2 Å². The van der Waals surface area contributed by atoms with E-state index < -0.39 is 0 Å². The first kappa shape index (κ1) is 19.6. The lowest BCUT2D eigenvalue weighted by Gasteiger charge is -2.28. The molecular formula is C21H23Cl2NOS. The molecule has 1 aliphatic carbocycles. The van der Waals surface area contributed by atoms with Crippen LogP contribution in [0.1, 0.15) is 36.8 Å². The van der Waals surface area contributed by atoms with E-state index in [0.717, 1.165) is 48.3 Å². The molecule has 5 heteroatoms. The molecule has 0 bridgehead atoms. The van der Waals surface area contributed by atoms with Crippen LogP contribution in [-0.2, 0) is 16.0 Å². The lowest BCUT2D eigenvalue weighted by atomic mass is 9.78. The summed E-state index contributed by atoms with van der Waals surface area (Å²) in [6.07, 6.45) is 4.13. The van der Waals surface area contributed by atoms with Gasteiger partial charge in [0, 0.05) is 18.1 Å². The highest BCUT2D eigenvalue weighted by Crippen LogP contribution is 2.41. The van der Waals surface area contributed by atoms with Gasteiger partial charge in [0.05, 0.1) is 15.5 Å². The molecule has 1 saturated carbocycles. The van der Waals surface area contributed by atoms with Crippen molar-refractivity contribution in [1.29, 1.82) is 0 Å². The number of carbonyl (C=O) groups is 1. The third-order valence-electron chi connectivity index (χ3n) is 5.00. The fraction of sp³-hybridized carbons (Fsp3) is 0.381. The highest BCUT2D eigenvalue weighted by Gasteiger charge is 2.42. The molecule has 2 aromatic carbocycles. The zero-order valence-corrected chi connectivity index (χ0v) is 17.0. The fourth-order valence-corrected chi connectivity index (χ4v) is 4.73. The second-order valence-corrected chi connectivity index (χ2v) is 8.63. The van der Waals surface area contributed by atoms with Crippen molar-refractivity contribution >= 4 is 40.9 Å². The maximum Gasteiger partial charge on any atom is 0.230 e. The number of benzene rings is 2. The lowest BCUT2D eigenvalue weighted by Crippen LogP contribution is -2.43. The molecule has 26 heavy (non-hydrogen) atoms. The van der Waals surface area contributed by atoms with Gasteiger partial charge in [-0.2, -0.15) is 11.8 Å². The molecule has 0 unspecified atom stereocenters. The molecule has 1 N–H and O–H groups in total. The Balaban J connectivity index is 1.49. The van der Waals surface area contributed by atoms with Crippen molar-refractivity contribution in [2.45, 2.75) is 36.9 Å². The average molecular weight is 408 g/mol. The van der Waals surface area contributed by atoms with E-state index in [-0.39, 0.29) is 11.3 Å². The van der Waals surface area contributed by atoms with Gasteiger partial charge in [0.2, 0.25) is 5.91 Å². The first-order valence-corrected chi connectivity index (χ1v) is 10.9. The Morgan fingerprint density at radius 1 is 1.04 bits per heavy atom. The van der Waals surface area contributed by atoms with Crippen LogP contribution in [0.4, 0.5) is 0 Å². The number of hydrogen-bond donors (Lipinski definition) is 1. The SMILES string of the molecule is O=C(NCCSCc1ccc(Cl)c(Cl)c1)C1(c2ccccc2)CCCC1. The first-order valence-electron chi connectivity index (χ1n) is 8.97. The van der Waals surface area contributed by atoms with Gasteiger partial charge in [0.25, 0.3) is 0 Å². The predicted octanol–water partition coefficient (Wildman–Crippen LogP) is 5.85. The number of rotatable bonds is 7. The maximum atomic E-state index is 12.9. The molecule has 0 spiro atoms. The van der Waals surface area contributed by atoms with Crippen molar-refractivity contribution in [2.75, 3.05) is 12.3 Å². The number of amides is 1. The molecule has 0 radical (unpaired) electrons. The average Bonchev–Trinajstić information content (AvgIpc) is 3.16. The van der Waals surface area contributed by atoms with Crippen molar-refractivity contribution in [3.05, 3.63) is 69.7 Å². The lowest BCUT2D eigenvalue weighted by molar-refractivity contribution is -0.126. The molecule has 2 aromatic rings. The van der Waals surface area contributed by atoms with Crippen LogP contribution in [0.5, 0.6) is 0 Å². The Hall–Kier alpha value is -1.16. The third kappa shape index (κ3) is 4.57. The van der Waals surface area contributed by atoms with E-state index in [9.17, 15) is 4.79 Å². The van der Waals surface area contributed by atoms with Crippen molar-refractivity contribution < 1.29 is 4.79 Å². The second kappa shape index (κ2) is 9.16. The van der Waals surface area contributed by atoms with E-state index in [1.165, 1.54) is 0 Å². The van der Waals surface area contributed by atoms with Crippen LogP contribution in [0.2, 0.25) is 10.0 Å². The predicted molar refractivity (Wildman–Crippen MR) is 112 cm³/mol. The van der Waals surface area contributed by atoms with Gasteiger partial charge in [0.1, 0.15) is 0 Å². The molecule has 1 aliphatic rings. The van der Waals surface area contributed by atoms with Crippen molar-refractivity contribution in [3.63, 3.8) is 0 Å². The molecule has 0 aromatic heterocycles. The molecule has 3 rings (SSSR count). The minimum absolute atomic E-state index is 0.177. The quantitative estimate of drug-likeness (QED) is 0.582. The topological polar surface area (TPSA) is 29.1 Å². The monoisotopic (exact) mass is 407 g/mol. The van der Waals surface area contributed by atoms with Crippen molar-refractivity contribution in [2.24, 2.45) is 0 Å². The van der Waals surface area contributed by atoms with Gasteiger partial charge >= 0.3 is 0 Å². The summed E-state index contributed by atoms with van der Waals surface area (Å²) < 4.78 is 0. The van der Waals surface area contributed by atoms with Crippen molar-refractivity contribution in [3.8, 4) is 0 Å². The molecule has 1 fully saturated rings.